The maximum atomic E-state index is 13.4. The highest BCUT2D eigenvalue weighted by Gasteiger charge is 2.76. The zero-order valence-electron chi connectivity index (χ0n) is 16.3. The lowest BCUT2D eigenvalue weighted by molar-refractivity contribution is -0.138. The number of imide groups is 1. The number of nitrogens with zero attached hydrogens (tertiary/aromatic N) is 2. The maximum absolute atomic E-state index is 13.4. The quantitative estimate of drug-likeness (QED) is 0.588. The van der Waals surface area contributed by atoms with Gasteiger partial charge in [-0.2, -0.15) is 13.2 Å². The van der Waals surface area contributed by atoms with Crippen molar-refractivity contribution < 1.29 is 32.3 Å². The smallest absolute Gasteiger partial charge is 0.367 e. The van der Waals surface area contributed by atoms with Gasteiger partial charge in [-0.25, -0.2) is 9.74 Å². The van der Waals surface area contributed by atoms with E-state index in [1.807, 2.05) is 0 Å². The van der Waals surface area contributed by atoms with E-state index in [9.17, 15) is 27.6 Å². The van der Waals surface area contributed by atoms with E-state index in [4.69, 9.17) is 11.3 Å². The summed E-state index contributed by atoms with van der Waals surface area (Å²) in [7, 11) is 1.46. The number of hydrogen-bond donors (Lipinski definition) is 1. The molecule has 30 heavy (non-hydrogen) atoms. The highest BCUT2D eigenvalue weighted by molar-refractivity contribution is 6.23. The van der Waals surface area contributed by atoms with Crippen molar-refractivity contribution in [1.82, 2.24) is 5.32 Å². The van der Waals surface area contributed by atoms with Gasteiger partial charge in [-0.3, -0.25) is 14.4 Å². The molecule has 4 rings (SSSR count). The summed E-state index contributed by atoms with van der Waals surface area (Å²) in [6.45, 7) is 10.2. The first-order valence-corrected chi connectivity index (χ1v) is 9.27. The summed E-state index contributed by atoms with van der Waals surface area (Å²) >= 11 is 0. The van der Waals surface area contributed by atoms with Crippen molar-refractivity contribution in [2.45, 2.75) is 37.6 Å². The minimum Gasteiger partial charge on any atom is -0.367 e. The van der Waals surface area contributed by atoms with Crippen molar-refractivity contribution in [2.75, 3.05) is 11.9 Å². The van der Waals surface area contributed by atoms with Gasteiger partial charge in [0.1, 0.15) is 0 Å². The van der Waals surface area contributed by atoms with Crippen molar-refractivity contribution in [1.29, 1.82) is 0 Å². The van der Waals surface area contributed by atoms with Crippen LogP contribution in [0.3, 0.4) is 0 Å². The molecule has 3 aliphatic rings. The molecular weight excluding hydrogens is 403 g/mol. The molecule has 3 saturated heterocycles. The Hall–Kier alpha value is -2.93. The fourth-order valence-electron chi connectivity index (χ4n) is 5.32. The molecule has 3 heterocycles. The Bertz CT molecular complexity index is 1030. The van der Waals surface area contributed by atoms with E-state index in [1.165, 1.54) is 7.05 Å². The fourth-order valence-corrected chi connectivity index (χ4v) is 5.32. The van der Waals surface area contributed by atoms with Crippen LogP contribution >= 0.6 is 0 Å². The van der Waals surface area contributed by atoms with Gasteiger partial charge in [-0.05, 0) is 32.4 Å². The van der Waals surface area contributed by atoms with Crippen LogP contribution in [0.2, 0.25) is 0 Å². The second kappa shape index (κ2) is 6.04. The molecule has 2 bridgehead atoms. The van der Waals surface area contributed by atoms with Crippen LogP contribution in [-0.4, -0.2) is 36.0 Å². The third kappa shape index (κ3) is 2.45. The van der Waals surface area contributed by atoms with Crippen LogP contribution < -0.4 is 10.2 Å². The number of alkyl halides is 3. The Morgan fingerprint density at radius 2 is 1.90 bits per heavy atom. The van der Waals surface area contributed by atoms with E-state index in [-0.39, 0.29) is 18.0 Å². The molecule has 2 unspecified atom stereocenters. The van der Waals surface area contributed by atoms with Crippen molar-refractivity contribution in [3.8, 4) is 0 Å². The molecule has 0 spiro atoms. The topological polar surface area (TPSA) is 80.1 Å². The summed E-state index contributed by atoms with van der Waals surface area (Å²) in [6.07, 6.45) is -4.59. The van der Waals surface area contributed by atoms with Gasteiger partial charge in [-0.1, -0.05) is 6.07 Å². The highest BCUT2D eigenvalue weighted by Crippen LogP contribution is 2.63. The zero-order chi connectivity index (χ0) is 22.2. The highest BCUT2D eigenvalue weighted by atomic mass is 19.4. The molecule has 1 N–H and O–H groups in total. The molecule has 3 aliphatic heterocycles. The summed E-state index contributed by atoms with van der Waals surface area (Å²) < 4.78 is 46.1. The number of rotatable bonds is 2. The van der Waals surface area contributed by atoms with Gasteiger partial charge >= 0.3 is 6.18 Å². The number of halogens is 3. The molecule has 158 valence electrons. The van der Waals surface area contributed by atoms with Gasteiger partial charge in [-0.15, -0.1) is 0 Å². The molecular formula is C20H18F3N3O4. The molecule has 3 fully saturated rings. The molecule has 0 aliphatic carbocycles. The number of ether oxygens (including phenoxy) is 1. The van der Waals surface area contributed by atoms with Gasteiger partial charge < -0.3 is 10.1 Å². The minimum atomic E-state index is -4.82. The molecule has 10 heteroatoms. The Balaban J connectivity index is 1.79. The van der Waals surface area contributed by atoms with Gasteiger partial charge in [0.25, 0.3) is 0 Å². The van der Waals surface area contributed by atoms with Crippen LogP contribution in [-0.2, 0) is 25.3 Å². The van der Waals surface area contributed by atoms with E-state index < -0.39 is 58.2 Å². The summed E-state index contributed by atoms with van der Waals surface area (Å²) in [6, 6.07) is 2.75. The molecule has 0 saturated carbocycles. The Morgan fingerprint density at radius 1 is 1.27 bits per heavy atom. The molecule has 1 aromatic carbocycles. The molecule has 1 aromatic rings. The van der Waals surface area contributed by atoms with Crippen molar-refractivity contribution in [3.63, 3.8) is 0 Å². The lowest BCUT2D eigenvalue weighted by atomic mass is 9.63. The second-order valence-corrected chi connectivity index (χ2v) is 8.25. The zero-order valence-corrected chi connectivity index (χ0v) is 16.3. The number of fused-ring (bicyclic) bond motifs is 5. The first-order chi connectivity index (χ1) is 13.9. The van der Waals surface area contributed by atoms with Crippen LogP contribution in [0.15, 0.2) is 18.2 Å². The largest absolute Gasteiger partial charge is 0.407 e. The lowest BCUT2D eigenvalue weighted by Crippen LogP contribution is -2.51. The summed E-state index contributed by atoms with van der Waals surface area (Å²) in [5.74, 6) is -4.23. The van der Waals surface area contributed by atoms with E-state index in [2.05, 4.69) is 10.2 Å². The first-order valence-electron chi connectivity index (χ1n) is 9.27. The number of hydrogen-bond acceptors (Lipinski definition) is 4. The van der Waals surface area contributed by atoms with Crippen LogP contribution in [0.1, 0.15) is 25.8 Å². The number of amides is 3. The number of nitrogens with one attached hydrogen (secondary N) is 1. The average molecular weight is 421 g/mol. The summed E-state index contributed by atoms with van der Waals surface area (Å²) in [4.78, 5) is 42.4. The third-order valence-electron chi connectivity index (χ3n) is 6.56. The van der Waals surface area contributed by atoms with Crippen LogP contribution in [0.5, 0.6) is 0 Å². The van der Waals surface area contributed by atoms with Gasteiger partial charge in [0.2, 0.25) is 17.7 Å². The molecule has 7 nitrogen and oxygen atoms in total. The van der Waals surface area contributed by atoms with Crippen LogP contribution in [0, 0.1) is 24.3 Å². The molecule has 3 amide bonds. The Labute approximate surface area is 170 Å². The van der Waals surface area contributed by atoms with E-state index >= 15 is 0 Å². The van der Waals surface area contributed by atoms with Crippen molar-refractivity contribution in [2.24, 2.45) is 17.8 Å². The van der Waals surface area contributed by atoms with E-state index in [1.54, 1.807) is 13.8 Å². The first kappa shape index (κ1) is 20.3. The SMILES string of the molecule is [C-]#[N+]c1ccc(N2C(=O)[C@@H]3[C@H](C2=O)C2(C)C[C@@H](C(=O)NC)C3(C)O2)cc1C(F)(F)F. The predicted octanol–water partition coefficient (Wildman–Crippen LogP) is 2.68. The predicted molar refractivity (Wildman–Crippen MR) is 97.2 cm³/mol. The molecule has 0 radical (unpaired) electrons. The van der Waals surface area contributed by atoms with E-state index in [0.29, 0.717) is 6.07 Å². The number of carbonyl (C=O) groups excluding carboxylic acids is 3. The third-order valence-corrected chi connectivity index (χ3v) is 6.56. The molecule has 0 aromatic heterocycles. The Kier molecular flexibility index (Phi) is 4.10. The maximum Gasteiger partial charge on any atom is 0.407 e. The molecule has 5 atom stereocenters. The summed E-state index contributed by atoms with van der Waals surface area (Å²) in [5, 5.41) is 2.54. The van der Waals surface area contributed by atoms with Gasteiger partial charge in [0, 0.05) is 12.7 Å². The standard InChI is InChI=1S/C20H18F3N3O4/c1-18-8-11(15(27)25-4)19(2,30-18)14-13(18)16(28)26(17(14)29)9-5-6-12(24-3)10(7-9)20(21,22)23/h5-7,11,13-14H,8H2,1-2,4H3,(H,25,27)/t11-,13+,14-,18?,19?/m0/s1. The van der Waals surface area contributed by atoms with Crippen LogP contribution in [0.4, 0.5) is 24.5 Å². The normalized spacial score (nSPS) is 34.8. The number of carbonyl (C=O) groups is 3. The average Bonchev–Trinajstić information content (AvgIpc) is 3.21. The number of benzene rings is 1. The van der Waals surface area contributed by atoms with Crippen molar-refractivity contribution in [3.05, 3.63) is 35.2 Å². The van der Waals surface area contributed by atoms with Gasteiger partial charge in [0.05, 0.1) is 41.1 Å². The Morgan fingerprint density at radius 3 is 2.47 bits per heavy atom. The van der Waals surface area contributed by atoms with E-state index in [0.717, 1.165) is 17.0 Å². The number of anilines is 1. The lowest BCUT2D eigenvalue weighted by Gasteiger charge is -2.34. The van der Waals surface area contributed by atoms with Crippen molar-refractivity contribution >= 4 is 29.1 Å². The summed E-state index contributed by atoms with van der Waals surface area (Å²) in [5.41, 5.74) is -4.41. The van der Waals surface area contributed by atoms with Gasteiger partial charge in [0.15, 0.2) is 5.69 Å². The second-order valence-electron chi connectivity index (χ2n) is 8.25. The monoisotopic (exact) mass is 421 g/mol. The van der Waals surface area contributed by atoms with Crippen LogP contribution in [0.25, 0.3) is 4.85 Å². The fraction of sp³-hybridized carbons (Fsp3) is 0.500. The minimum absolute atomic E-state index is 0.224.